The monoisotopic (exact) mass is 322 g/mol. The number of halogens is 1. The highest BCUT2D eigenvalue weighted by Gasteiger charge is 2.16. The second kappa shape index (κ2) is 7.03. The molecule has 0 saturated heterocycles. The Hall–Kier alpha value is -2.42. The third-order valence-corrected chi connectivity index (χ3v) is 3.17. The van der Waals surface area contributed by atoms with Crippen molar-refractivity contribution in [1.82, 2.24) is 15.4 Å². The molecule has 0 unspecified atom stereocenters. The number of aromatic nitrogens is 2. The summed E-state index contributed by atoms with van der Waals surface area (Å²) in [7, 11) is 0. The molecule has 9 heteroatoms. The van der Waals surface area contributed by atoms with Crippen molar-refractivity contribution in [1.29, 1.82) is 0 Å². The Morgan fingerprint density at radius 1 is 1.45 bits per heavy atom. The van der Waals surface area contributed by atoms with Gasteiger partial charge in [-0.05, 0) is 18.6 Å². The molecular weight excluding hydrogens is 308 g/mol. The van der Waals surface area contributed by atoms with Gasteiger partial charge < -0.3 is 4.74 Å². The lowest BCUT2D eigenvalue weighted by Crippen LogP contribution is -2.48. The van der Waals surface area contributed by atoms with Crippen LogP contribution < -0.4 is 26.9 Å². The summed E-state index contributed by atoms with van der Waals surface area (Å²) in [5.74, 6) is 11.2. The van der Waals surface area contributed by atoms with Crippen LogP contribution in [0.15, 0.2) is 30.6 Å². The number of rotatable bonds is 4. The predicted octanol–water partition coefficient (Wildman–Crippen LogP) is 1.28. The number of anilines is 1. The molecule has 2 aromatic rings. The second-order valence-electron chi connectivity index (χ2n) is 4.36. The van der Waals surface area contributed by atoms with Crippen molar-refractivity contribution in [3.8, 4) is 5.88 Å². The number of nitrogens with two attached hydrogens (primary N) is 2. The normalized spacial score (nSPS) is 10.2. The van der Waals surface area contributed by atoms with Gasteiger partial charge in [0.15, 0.2) is 0 Å². The smallest absolute Gasteiger partial charge is 0.350 e. The molecule has 0 spiro atoms. The van der Waals surface area contributed by atoms with Gasteiger partial charge in [0.25, 0.3) is 0 Å². The Bertz CT molecular complexity index is 681. The molecule has 2 rings (SSSR count). The lowest BCUT2D eigenvalue weighted by atomic mass is 10.1. The summed E-state index contributed by atoms with van der Waals surface area (Å²) in [6, 6.07) is 6.19. The molecule has 1 aromatic heterocycles. The van der Waals surface area contributed by atoms with Crippen molar-refractivity contribution in [2.45, 2.75) is 13.5 Å². The van der Waals surface area contributed by atoms with Gasteiger partial charge in [-0.25, -0.2) is 31.5 Å². The second-order valence-corrected chi connectivity index (χ2v) is 4.75. The first-order valence-electron chi connectivity index (χ1n) is 6.27. The molecule has 8 nitrogen and oxygen atoms in total. The van der Waals surface area contributed by atoms with Crippen molar-refractivity contribution >= 4 is 23.3 Å². The number of amides is 2. The number of hydrogen-bond donors (Lipinski definition) is 3. The first-order valence-corrected chi connectivity index (χ1v) is 6.65. The van der Waals surface area contributed by atoms with E-state index in [4.69, 9.17) is 28.0 Å². The lowest BCUT2D eigenvalue weighted by Gasteiger charge is -2.20. The Labute approximate surface area is 132 Å². The molecule has 0 aliphatic carbocycles. The van der Waals surface area contributed by atoms with Crippen molar-refractivity contribution in [2.75, 3.05) is 5.01 Å². The number of aryl methyl sites for hydroxylation is 1. The first kappa shape index (κ1) is 16.0. The van der Waals surface area contributed by atoms with E-state index in [1.54, 1.807) is 12.1 Å². The van der Waals surface area contributed by atoms with Gasteiger partial charge in [-0.3, -0.25) is 5.43 Å². The maximum atomic E-state index is 11.6. The molecule has 116 valence electrons. The molecule has 5 N–H and O–H groups in total. The molecule has 2 amide bonds. The average Bonchev–Trinajstić information content (AvgIpc) is 2.52. The third kappa shape index (κ3) is 3.61. The van der Waals surface area contributed by atoms with E-state index in [0.29, 0.717) is 11.6 Å². The highest BCUT2D eigenvalue weighted by Crippen LogP contribution is 2.24. The molecule has 0 aliphatic heterocycles. The van der Waals surface area contributed by atoms with Crippen molar-refractivity contribution < 1.29 is 9.53 Å². The van der Waals surface area contributed by atoms with Crippen LogP contribution >= 0.6 is 11.6 Å². The van der Waals surface area contributed by atoms with Gasteiger partial charge >= 0.3 is 6.03 Å². The summed E-state index contributed by atoms with van der Waals surface area (Å²) in [6.07, 6.45) is 1.30. The Morgan fingerprint density at radius 2 is 2.23 bits per heavy atom. The van der Waals surface area contributed by atoms with E-state index in [9.17, 15) is 4.79 Å². The Morgan fingerprint density at radius 3 is 2.91 bits per heavy atom. The van der Waals surface area contributed by atoms with Crippen LogP contribution in [0.25, 0.3) is 0 Å². The van der Waals surface area contributed by atoms with Crippen LogP contribution in [0.4, 0.5) is 10.5 Å². The predicted molar refractivity (Wildman–Crippen MR) is 81.9 cm³/mol. The zero-order valence-corrected chi connectivity index (χ0v) is 12.5. The number of hydrogen-bond acceptors (Lipinski definition) is 6. The van der Waals surface area contributed by atoms with Crippen molar-refractivity contribution in [3.05, 3.63) is 46.9 Å². The minimum Gasteiger partial charge on any atom is -0.473 e. The van der Waals surface area contributed by atoms with Crippen LogP contribution in [0.3, 0.4) is 0 Å². The minimum atomic E-state index is -0.642. The van der Waals surface area contributed by atoms with Gasteiger partial charge in [0.2, 0.25) is 5.88 Å². The number of hydrazine groups is 2. The highest BCUT2D eigenvalue weighted by molar-refractivity contribution is 6.29. The third-order valence-electron chi connectivity index (χ3n) is 2.96. The van der Waals surface area contributed by atoms with Gasteiger partial charge in [-0.1, -0.05) is 23.7 Å². The number of benzene rings is 1. The standard InChI is InChI=1S/C13H15ClN6O2/c1-8-3-2-4-10(20(16)13(21)19-15)9(8)6-22-12-5-11(14)17-7-18-12/h2-5,7H,6,15-16H2,1H3,(H,19,21). The van der Waals surface area contributed by atoms with Crippen LogP contribution in [0, 0.1) is 6.92 Å². The molecule has 0 saturated carbocycles. The van der Waals surface area contributed by atoms with Crippen LogP contribution in [0.1, 0.15) is 11.1 Å². The lowest BCUT2D eigenvalue weighted by molar-refractivity contribution is 0.246. The summed E-state index contributed by atoms with van der Waals surface area (Å²) in [6.45, 7) is 2.03. The van der Waals surface area contributed by atoms with Gasteiger partial charge in [-0.15, -0.1) is 0 Å². The fraction of sp³-hybridized carbons (Fsp3) is 0.154. The van der Waals surface area contributed by atoms with Gasteiger partial charge in [0.1, 0.15) is 18.1 Å². The number of carbonyl (C=O) groups is 1. The Kier molecular flexibility index (Phi) is 5.10. The van der Waals surface area contributed by atoms with E-state index in [0.717, 1.165) is 16.1 Å². The fourth-order valence-corrected chi connectivity index (χ4v) is 1.96. The Balaban J connectivity index is 2.24. The first-order chi connectivity index (χ1) is 10.5. The van der Waals surface area contributed by atoms with Crippen molar-refractivity contribution in [2.24, 2.45) is 11.7 Å². The molecule has 0 fully saturated rings. The average molecular weight is 323 g/mol. The van der Waals surface area contributed by atoms with Gasteiger partial charge in [0.05, 0.1) is 5.69 Å². The zero-order chi connectivity index (χ0) is 16.1. The molecule has 0 atom stereocenters. The van der Waals surface area contributed by atoms with E-state index in [2.05, 4.69) is 9.97 Å². The van der Waals surface area contributed by atoms with Gasteiger partial charge in [0, 0.05) is 11.6 Å². The van der Waals surface area contributed by atoms with E-state index < -0.39 is 6.03 Å². The van der Waals surface area contributed by atoms with E-state index >= 15 is 0 Å². The summed E-state index contributed by atoms with van der Waals surface area (Å²) in [4.78, 5) is 19.3. The van der Waals surface area contributed by atoms with E-state index in [-0.39, 0.29) is 11.8 Å². The van der Waals surface area contributed by atoms with E-state index in [1.807, 2.05) is 18.4 Å². The van der Waals surface area contributed by atoms with Crippen LogP contribution in [-0.2, 0) is 6.61 Å². The van der Waals surface area contributed by atoms with Gasteiger partial charge in [-0.2, -0.15) is 0 Å². The zero-order valence-electron chi connectivity index (χ0n) is 11.8. The molecule has 0 bridgehead atoms. The van der Waals surface area contributed by atoms with Crippen LogP contribution in [-0.4, -0.2) is 16.0 Å². The molecule has 1 aromatic carbocycles. The summed E-state index contributed by atoms with van der Waals surface area (Å²) < 4.78 is 5.58. The number of nitrogens with zero attached hydrogens (tertiary/aromatic N) is 3. The quantitative estimate of drug-likeness (QED) is 0.337. The van der Waals surface area contributed by atoms with Crippen LogP contribution in [0.5, 0.6) is 5.88 Å². The molecule has 1 heterocycles. The van der Waals surface area contributed by atoms with E-state index in [1.165, 1.54) is 12.4 Å². The SMILES string of the molecule is Cc1cccc(N(N)C(=O)NN)c1COc1cc(Cl)ncn1. The van der Waals surface area contributed by atoms with Crippen LogP contribution in [0.2, 0.25) is 5.15 Å². The summed E-state index contributed by atoms with van der Waals surface area (Å²) >= 11 is 5.77. The summed E-state index contributed by atoms with van der Waals surface area (Å²) in [5.41, 5.74) is 4.08. The van der Waals surface area contributed by atoms with Crippen molar-refractivity contribution in [3.63, 3.8) is 0 Å². The fourth-order valence-electron chi connectivity index (χ4n) is 1.82. The maximum absolute atomic E-state index is 11.6. The molecule has 0 aliphatic rings. The molecule has 22 heavy (non-hydrogen) atoms. The largest absolute Gasteiger partial charge is 0.473 e. The number of carbonyl (C=O) groups excluding carboxylic acids is 1. The minimum absolute atomic E-state index is 0.154. The molecule has 0 radical (unpaired) electrons. The number of ether oxygens (including phenoxy) is 1. The summed E-state index contributed by atoms with van der Waals surface area (Å²) in [5, 5.41) is 1.19. The molecular formula is C13H15ClN6O2. The topological polar surface area (TPSA) is 119 Å². The number of nitrogens with one attached hydrogen (secondary N) is 1. The number of urea groups is 1. The maximum Gasteiger partial charge on any atom is 0.350 e. The highest BCUT2D eigenvalue weighted by atomic mass is 35.5.